The number of hydrogen-bond acceptors (Lipinski definition) is 4. The van der Waals surface area contributed by atoms with Crippen LogP contribution in [0.5, 0.6) is 5.75 Å². The third-order valence-electron chi connectivity index (χ3n) is 4.69. The zero-order chi connectivity index (χ0) is 19.8. The van der Waals surface area contributed by atoms with Crippen LogP contribution in [0, 0.1) is 19.3 Å². The van der Waals surface area contributed by atoms with Crippen LogP contribution >= 0.6 is 11.8 Å². The van der Waals surface area contributed by atoms with Crippen LogP contribution in [0.4, 0.5) is 0 Å². The highest BCUT2D eigenvalue weighted by atomic mass is 32.2. The molecule has 28 heavy (non-hydrogen) atoms. The monoisotopic (exact) mass is 392 g/mol. The maximum absolute atomic E-state index is 12.5. The number of para-hydroxylation sites is 2. The zero-order valence-electron chi connectivity index (χ0n) is 15.9. The lowest BCUT2D eigenvalue weighted by atomic mass is 10.1. The van der Waals surface area contributed by atoms with Crippen LogP contribution in [0.1, 0.15) is 23.9 Å². The highest BCUT2D eigenvalue weighted by Gasteiger charge is 2.31. The number of benzene rings is 1. The second-order valence-corrected chi connectivity index (χ2v) is 7.31. The minimum absolute atomic E-state index is 0.149. The molecule has 0 unspecified atom stereocenters. The summed E-state index contributed by atoms with van der Waals surface area (Å²) in [6.45, 7) is 6.56. The summed E-state index contributed by atoms with van der Waals surface area (Å²) in [5, 5.41) is 10.8. The van der Waals surface area contributed by atoms with Crippen LogP contribution in [0.25, 0.3) is 11.8 Å². The van der Waals surface area contributed by atoms with Gasteiger partial charge in [0.25, 0.3) is 5.91 Å². The Morgan fingerprint density at radius 1 is 1.29 bits per heavy atom. The number of nitrogens with zero attached hydrogens (tertiary/aromatic N) is 3. The van der Waals surface area contributed by atoms with Crippen LogP contribution in [0.3, 0.4) is 0 Å². The van der Waals surface area contributed by atoms with E-state index < -0.39 is 0 Å². The van der Waals surface area contributed by atoms with E-state index in [4.69, 9.17) is 10.1 Å². The maximum Gasteiger partial charge on any atom is 0.283 e. The first-order valence-corrected chi connectivity index (χ1v) is 9.86. The van der Waals surface area contributed by atoms with Gasteiger partial charge in [-0.2, -0.15) is 4.99 Å². The van der Waals surface area contributed by atoms with E-state index in [0.29, 0.717) is 11.8 Å². The Balaban J connectivity index is 1.79. The molecule has 0 saturated carbocycles. The van der Waals surface area contributed by atoms with Gasteiger partial charge in [0.05, 0.1) is 17.9 Å². The molecule has 1 amide bonds. The summed E-state index contributed by atoms with van der Waals surface area (Å²) in [5.41, 5.74) is 4.11. The quantitative estimate of drug-likeness (QED) is 0.789. The lowest BCUT2D eigenvalue weighted by Crippen LogP contribution is -2.35. The van der Waals surface area contributed by atoms with Gasteiger partial charge in [-0.1, -0.05) is 23.9 Å². The average Bonchev–Trinajstić information content (AvgIpc) is 3.24. The van der Waals surface area contributed by atoms with Crippen molar-refractivity contribution in [3.8, 4) is 11.4 Å². The predicted molar refractivity (Wildman–Crippen MR) is 113 cm³/mol. The van der Waals surface area contributed by atoms with Gasteiger partial charge in [-0.3, -0.25) is 15.1 Å². The largest absolute Gasteiger partial charge is 0.492 e. The van der Waals surface area contributed by atoms with Crippen molar-refractivity contribution in [1.29, 1.82) is 5.41 Å². The smallest absolute Gasteiger partial charge is 0.283 e. The van der Waals surface area contributed by atoms with Gasteiger partial charge in [0.2, 0.25) is 0 Å². The van der Waals surface area contributed by atoms with Gasteiger partial charge in [-0.05, 0) is 56.0 Å². The zero-order valence-corrected chi connectivity index (χ0v) is 16.7. The van der Waals surface area contributed by atoms with Gasteiger partial charge >= 0.3 is 0 Å². The molecule has 2 aliphatic rings. The van der Waals surface area contributed by atoms with Crippen molar-refractivity contribution in [2.24, 2.45) is 4.99 Å². The molecule has 7 heteroatoms. The summed E-state index contributed by atoms with van der Waals surface area (Å²) in [5.74, 6) is 0.573. The number of thioether (sulfide) groups is 1. The van der Waals surface area contributed by atoms with Crippen molar-refractivity contribution in [3.05, 3.63) is 64.5 Å². The molecule has 6 nitrogen and oxygen atoms in total. The SMILES string of the molecule is CCOc1ccccc1-n1c(C)cc(/C=C2/C(=N)N3C=CSC3=NC2=O)c1C. The van der Waals surface area contributed by atoms with Crippen molar-refractivity contribution < 1.29 is 9.53 Å². The minimum atomic E-state index is -0.382. The topological polar surface area (TPSA) is 70.7 Å². The first kappa shape index (κ1) is 18.3. The third-order valence-corrected chi connectivity index (χ3v) is 5.45. The number of aryl methyl sites for hydroxylation is 1. The van der Waals surface area contributed by atoms with Crippen LogP contribution in [-0.4, -0.2) is 33.0 Å². The van der Waals surface area contributed by atoms with Crippen LogP contribution in [0.15, 0.2) is 52.5 Å². The number of ether oxygens (including phenoxy) is 1. The van der Waals surface area contributed by atoms with Gasteiger partial charge in [0, 0.05) is 17.6 Å². The highest BCUT2D eigenvalue weighted by Crippen LogP contribution is 2.31. The number of amidine groups is 2. The van der Waals surface area contributed by atoms with Gasteiger partial charge in [0.15, 0.2) is 5.17 Å². The average molecular weight is 392 g/mol. The first-order chi connectivity index (χ1) is 13.5. The summed E-state index contributed by atoms with van der Waals surface area (Å²) in [7, 11) is 0. The molecule has 0 bridgehead atoms. The molecular formula is C21H20N4O2S. The molecule has 0 atom stereocenters. The van der Waals surface area contributed by atoms with Crippen molar-refractivity contribution in [3.63, 3.8) is 0 Å². The number of aliphatic imine (C=N–C) groups is 1. The number of carbonyl (C=O) groups excluding carboxylic acids is 1. The highest BCUT2D eigenvalue weighted by molar-refractivity contribution is 8.16. The van der Waals surface area contributed by atoms with Crippen LogP contribution in [0.2, 0.25) is 0 Å². The summed E-state index contributed by atoms with van der Waals surface area (Å²) in [6.07, 6.45) is 3.51. The standard InChI is InChI=1S/C21H20N4O2S/c1-4-27-18-8-6-5-7-17(18)25-13(2)11-15(14(25)3)12-16-19(22)24-9-10-28-21(24)23-20(16)26/h5-12,22H,4H2,1-3H3/b16-12-,22-19?. The molecule has 0 radical (unpaired) electrons. The van der Waals surface area contributed by atoms with Crippen molar-refractivity contribution in [2.45, 2.75) is 20.8 Å². The van der Waals surface area contributed by atoms with E-state index in [1.807, 2.05) is 56.5 Å². The number of nitrogens with one attached hydrogen (secondary N) is 1. The van der Waals surface area contributed by atoms with Gasteiger partial charge in [0.1, 0.15) is 11.6 Å². The van der Waals surface area contributed by atoms with E-state index in [-0.39, 0.29) is 17.3 Å². The van der Waals surface area contributed by atoms with E-state index in [1.165, 1.54) is 11.8 Å². The van der Waals surface area contributed by atoms with Gasteiger partial charge in [-0.25, -0.2) is 0 Å². The van der Waals surface area contributed by atoms with Crippen LogP contribution < -0.4 is 4.74 Å². The molecule has 142 valence electrons. The Kier molecular flexibility index (Phi) is 4.68. The Hall–Kier alpha value is -3.06. The molecule has 1 aromatic carbocycles. The second-order valence-electron chi connectivity index (χ2n) is 6.44. The van der Waals surface area contributed by atoms with Crippen molar-refractivity contribution >= 4 is 34.7 Å². The Morgan fingerprint density at radius 2 is 2.07 bits per heavy atom. The summed E-state index contributed by atoms with van der Waals surface area (Å²) >= 11 is 1.34. The van der Waals surface area contributed by atoms with Crippen molar-refractivity contribution in [1.82, 2.24) is 9.47 Å². The van der Waals surface area contributed by atoms with E-state index in [9.17, 15) is 4.79 Å². The molecule has 0 spiro atoms. The molecule has 0 fully saturated rings. The molecule has 1 N–H and O–H groups in total. The number of fused-ring (bicyclic) bond motifs is 1. The van der Waals surface area contributed by atoms with E-state index in [0.717, 1.165) is 28.4 Å². The van der Waals surface area contributed by atoms with Crippen LogP contribution in [-0.2, 0) is 4.79 Å². The lowest BCUT2D eigenvalue weighted by molar-refractivity contribution is -0.114. The molecule has 4 rings (SSSR count). The predicted octanol–water partition coefficient (Wildman–Crippen LogP) is 4.27. The van der Waals surface area contributed by atoms with Gasteiger partial charge in [-0.15, -0.1) is 0 Å². The number of amides is 1. The summed E-state index contributed by atoms with van der Waals surface area (Å²) in [4.78, 5) is 18.2. The number of carbonyl (C=O) groups is 1. The Morgan fingerprint density at radius 3 is 2.86 bits per heavy atom. The fourth-order valence-corrected chi connectivity index (χ4v) is 4.12. The molecule has 2 aromatic rings. The third kappa shape index (κ3) is 2.97. The Bertz CT molecular complexity index is 1080. The molecule has 3 heterocycles. The molecular weight excluding hydrogens is 372 g/mol. The summed E-state index contributed by atoms with van der Waals surface area (Å²) < 4.78 is 7.89. The first-order valence-electron chi connectivity index (χ1n) is 8.98. The fourth-order valence-electron chi connectivity index (χ4n) is 3.41. The fraction of sp³-hybridized carbons (Fsp3) is 0.190. The summed E-state index contributed by atoms with van der Waals surface area (Å²) in [6, 6.07) is 9.90. The maximum atomic E-state index is 12.5. The van der Waals surface area contributed by atoms with E-state index in [2.05, 4.69) is 9.56 Å². The minimum Gasteiger partial charge on any atom is -0.492 e. The molecule has 0 aliphatic carbocycles. The normalized spacial score (nSPS) is 17.3. The molecule has 0 saturated heterocycles. The second kappa shape index (κ2) is 7.16. The lowest BCUT2D eigenvalue weighted by Gasteiger charge is -2.22. The molecule has 1 aromatic heterocycles. The molecule has 2 aliphatic heterocycles. The number of hydrogen-bond donors (Lipinski definition) is 1. The van der Waals surface area contributed by atoms with E-state index >= 15 is 0 Å². The van der Waals surface area contributed by atoms with Gasteiger partial charge < -0.3 is 9.30 Å². The number of rotatable bonds is 4. The van der Waals surface area contributed by atoms with E-state index in [1.54, 1.807) is 17.2 Å². The number of aromatic nitrogens is 1. The van der Waals surface area contributed by atoms with Crippen molar-refractivity contribution in [2.75, 3.05) is 6.61 Å². The Labute approximate surface area is 167 Å².